The summed E-state index contributed by atoms with van der Waals surface area (Å²) in [5, 5.41) is 18.5. The number of hydrogen-bond donors (Lipinski definition) is 1. The first-order valence-corrected chi connectivity index (χ1v) is 14.2. The lowest BCUT2D eigenvalue weighted by Crippen LogP contribution is -2.48. The van der Waals surface area contributed by atoms with E-state index in [4.69, 9.17) is 17.3 Å². The van der Waals surface area contributed by atoms with Gasteiger partial charge in [0.2, 0.25) is 0 Å². The Kier molecular flexibility index (Phi) is 9.27. The van der Waals surface area contributed by atoms with Crippen molar-refractivity contribution in [3.8, 4) is 6.07 Å². The zero-order valence-corrected chi connectivity index (χ0v) is 24.0. The number of hydrogen-bond acceptors (Lipinski definition) is 8. The molecule has 0 saturated carbocycles. The number of amides is 1. The van der Waals surface area contributed by atoms with Crippen LogP contribution in [0.1, 0.15) is 42.4 Å². The number of benzene rings is 1. The maximum absolute atomic E-state index is 14.4. The number of carboxylic acids is 1. The molecule has 4 rings (SSSR count). The number of thioether (sulfide) groups is 1. The van der Waals surface area contributed by atoms with E-state index in [1.54, 1.807) is 38.2 Å². The Bertz CT molecular complexity index is 1470. The Hall–Kier alpha value is -3.69. The molecule has 1 aromatic carbocycles. The zero-order valence-electron chi connectivity index (χ0n) is 22.4. The third kappa shape index (κ3) is 6.05. The van der Waals surface area contributed by atoms with Crippen molar-refractivity contribution in [2.24, 2.45) is 7.05 Å². The van der Waals surface area contributed by atoms with Crippen LogP contribution in [-0.2, 0) is 16.6 Å². The number of rotatable bonds is 9. The van der Waals surface area contributed by atoms with Crippen LogP contribution in [0.25, 0.3) is 6.08 Å². The molecule has 0 spiro atoms. The molecule has 12 heteroatoms. The number of halogens is 1. The predicted octanol–water partition coefficient (Wildman–Crippen LogP) is 3.88. The molecule has 2 aliphatic rings. The van der Waals surface area contributed by atoms with Crippen molar-refractivity contribution >= 4 is 57.8 Å². The minimum Gasteiger partial charge on any atom is -0.481 e. The standard InChI is InChI=1S/C28H30FN5O4S2/c1-18-19(16-23-27(38)34(28(39)40-23)11-7-3-4-10-24(35)36)25(31(2)26(37)20(18)17-30)33-14-12-32(13-15-33)22-9-6-5-8-21(22)29/h5-6,8-9,16H,3-4,7,10-15H2,1-2H3,(H,35,36)/b23-16+. The van der Waals surface area contributed by atoms with Crippen LogP contribution in [0, 0.1) is 24.1 Å². The van der Waals surface area contributed by atoms with E-state index < -0.39 is 11.5 Å². The van der Waals surface area contributed by atoms with Crippen LogP contribution in [0.5, 0.6) is 0 Å². The SMILES string of the molecule is Cc1c(/C=C2/SC(=S)N(CCCCCC(=O)O)C2=O)c(N2CCN(c3ccccc3F)CC2)n(C)c(=O)c1C#N. The number of aromatic nitrogens is 1. The maximum atomic E-state index is 14.4. The van der Waals surface area contributed by atoms with Crippen molar-refractivity contribution in [2.75, 3.05) is 42.5 Å². The number of nitriles is 1. The second-order valence-corrected chi connectivity index (χ2v) is 11.4. The zero-order chi connectivity index (χ0) is 29.0. The molecule has 0 aliphatic carbocycles. The molecule has 1 aromatic heterocycles. The van der Waals surface area contributed by atoms with E-state index in [1.807, 2.05) is 15.9 Å². The van der Waals surface area contributed by atoms with Gasteiger partial charge < -0.3 is 14.9 Å². The number of pyridine rings is 1. The number of carboxylic acid groups (broad SMARTS) is 1. The summed E-state index contributed by atoms with van der Waals surface area (Å²) in [7, 11) is 1.61. The maximum Gasteiger partial charge on any atom is 0.303 e. The van der Waals surface area contributed by atoms with Crippen LogP contribution in [-0.4, -0.2) is 63.5 Å². The van der Waals surface area contributed by atoms with Crippen LogP contribution in [0.4, 0.5) is 15.9 Å². The van der Waals surface area contributed by atoms with Crippen molar-refractivity contribution < 1.29 is 19.1 Å². The summed E-state index contributed by atoms with van der Waals surface area (Å²) in [5.41, 5.74) is 1.20. The van der Waals surface area contributed by atoms with Crippen molar-refractivity contribution in [1.82, 2.24) is 9.47 Å². The summed E-state index contributed by atoms with van der Waals surface area (Å²) in [5.74, 6) is -0.798. The molecule has 40 heavy (non-hydrogen) atoms. The van der Waals surface area contributed by atoms with Crippen LogP contribution >= 0.6 is 24.0 Å². The monoisotopic (exact) mass is 583 g/mol. The largest absolute Gasteiger partial charge is 0.481 e. The highest BCUT2D eigenvalue weighted by atomic mass is 32.2. The normalized spacial score (nSPS) is 16.6. The van der Waals surface area contributed by atoms with Gasteiger partial charge in [0.25, 0.3) is 11.5 Å². The first-order chi connectivity index (χ1) is 19.1. The van der Waals surface area contributed by atoms with Crippen LogP contribution < -0.4 is 15.4 Å². The second kappa shape index (κ2) is 12.7. The van der Waals surface area contributed by atoms with Gasteiger partial charge in [-0.25, -0.2) is 4.39 Å². The number of aliphatic carboxylic acids is 1. The Morgan fingerprint density at radius 3 is 2.48 bits per heavy atom. The van der Waals surface area contributed by atoms with E-state index in [2.05, 4.69) is 0 Å². The summed E-state index contributed by atoms with van der Waals surface area (Å²) in [6.45, 7) is 4.15. The topological polar surface area (TPSA) is 110 Å². The molecular formula is C28H30FN5O4S2. The number of carbonyl (C=O) groups is 2. The summed E-state index contributed by atoms with van der Waals surface area (Å²) in [6.07, 6.45) is 3.61. The number of piperazine rings is 1. The van der Waals surface area contributed by atoms with Crippen LogP contribution in [0.2, 0.25) is 0 Å². The van der Waals surface area contributed by atoms with Crippen molar-refractivity contribution in [3.63, 3.8) is 0 Å². The smallest absolute Gasteiger partial charge is 0.303 e. The first-order valence-electron chi connectivity index (χ1n) is 13.0. The third-order valence-corrected chi connectivity index (χ3v) is 8.54. The third-order valence-electron chi connectivity index (χ3n) is 7.16. The number of carbonyl (C=O) groups excluding carboxylic acids is 1. The van der Waals surface area contributed by atoms with Gasteiger partial charge in [-0.2, -0.15) is 5.26 Å². The first kappa shape index (κ1) is 29.3. The fourth-order valence-electron chi connectivity index (χ4n) is 5.01. The molecule has 0 radical (unpaired) electrons. The lowest BCUT2D eigenvalue weighted by molar-refractivity contribution is -0.137. The van der Waals surface area contributed by atoms with Crippen LogP contribution in [0.15, 0.2) is 34.0 Å². The Morgan fingerprint density at radius 2 is 1.82 bits per heavy atom. The molecule has 2 fully saturated rings. The summed E-state index contributed by atoms with van der Waals surface area (Å²) >= 11 is 6.63. The van der Waals surface area contributed by atoms with Gasteiger partial charge in [0, 0.05) is 51.8 Å². The number of unbranched alkanes of at least 4 members (excludes halogenated alkanes) is 2. The van der Waals surface area contributed by atoms with E-state index in [1.165, 1.54) is 27.3 Å². The molecule has 9 nitrogen and oxygen atoms in total. The van der Waals surface area contributed by atoms with Gasteiger partial charge in [0.1, 0.15) is 27.6 Å². The van der Waals surface area contributed by atoms with Gasteiger partial charge in [-0.15, -0.1) is 0 Å². The van der Waals surface area contributed by atoms with Crippen molar-refractivity contribution in [3.05, 3.63) is 62.0 Å². The molecule has 1 amide bonds. The number of anilines is 2. The Balaban J connectivity index is 1.61. The minimum absolute atomic E-state index is 0.0106. The number of nitrogens with zero attached hydrogens (tertiary/aromatic N) is 5. The van der Waals surface area contributed by atoms with Crippen molar-refractivity contribution in [1.29, 1.82) is 5.26 Å². The average molecular weight is 584 g/mol. The van der Waals surface area contributed by atoms with Gasteiger partial charge in [0.15, 0.2) is 0 Å². The summed E-state index contributed by atoms with van der Waals surface area (Å²) in [4.78, 5) is 43.0. The lowest BCUT2D eigenvalue weighted by Gasteiger charge is -2.38. The van der Waals surface area contributed by atoms with Gasteiger partial charge >= 0.3 is 5.97 Å². The molecule has 2 saturated heterocycles. The molecule has 1 N–H and O–H groups in total. The highest BCUT2D eigenvalue weighted by Crippen LogP contribution is 2.36. The number of para-hydroxylation sites is 1. The van der Waals surface area contributed by atoms with Crippen LogP contribution in [0.3, 0.4) is 0 Å². The highest BCUT2D eigenvalue weighted by molar-refractivity contribution is 8.26. The summed E-state index contributed by atoms with van der Waals surface area (Å²) in [6, 6.07) is 8.63. The predicted molar refractivity (Wildman–Crippen MR) is 158 cm³/mol. The van der Waals surface area contributed by atoms with Gasteiger partial charge in [0.05, 0.1) is 10.6 Å². The molecule has 210 valence electrons. The second-order valence-electron chi connectivity index (χ2n) is 9.68. The summed E-state index contributed by atoms with van der Waals surface area (Å²) < 4.78 is 16.2. The fourth-order valence-corrected chi connectivity index (χ4v) is 6.30. The fraction of sp³-hybridized carbons (Fsp3) is 0.393. The van der Waals surface area contributed by atoms with Gasteiger partial charge in [-0.05, 0) is 43.5 Å². The van der Waals surface area contributed by atoms with E-state index in [9.17, 15) is 24.0 Å². The Morgan fingerprint density at radius 1 is 1.15 bits per heavy atom. The van der Waals surface area contributed by atoms with E-state index in [0.717, 1.165) is 0 Å². The number of thiocarbonyl (C=S) groups is 1. The van der Waals surface area contributed by atoms with E-state index in [0.29, 0.717) is 83.8 Å². The molecule has 2 aliphatic heterocycles. The molecule has 0 unspecified atom stereocenters. The lowest BCUT2D eigenvalue weighted by atomic mass is 10.0. The van der Waals surface area contributed by atoms with Gasteiger partial charge in [-0.1, -0.05) is 42.5 Å². The average Bonchev–Trinajstić information content (AvgIpc) is 3.19. The molecule has 3 heterocycles. The van der Waals surface area contributed by atoms with Crippen molar-refractivity contribution in [2.45, 2.75) is 32.6 Å². The van der Waals surface area contributed by atoms with E-state index >= 15 is 0 Å². The van der Waals surface area contributed by atoms with E-state index in [-0.39, 0.29) is 23.7 Å². The molecule has 2 aromatic rings. The Labute approximate surface area is 241 Å². The van der Waals surface area contributed by atoms with Gasteiger partial charge in [-0.3, -0.25) is 23.9 Å². The minimum atomic E-state index is -0.845. The molecular weight excluding hydrogens is 553 g/mol. The highest BCUT2D eigenvalue weighted by Gasteiger charge is 2.33. The quantitative estimate of drug-likeness (QED) is 0.267. The molecule has 0 bridgehead atoms. The molecule has 0 atom stereocenters.